The van der Waals surface area contributed by atoms with E-state index in [9.17, 15) is 9.59 Å². The minimum atomic E-state index is -0.786. The van der Waals surface area contributed by atoms with E-state index in [-0.39, 0.29) is 6.42 Å². The van der Waals surface area contributed by atoms with Gasteiger partial charge in [0.2, 0.25) is 5.78 Å². The first-order valence-corrected chi connectivity index (χ1v) is 4.30. The molecule has 0 saturated carbocycles. The average Bonchev–Trinajstić information content (AvgIpc) is 2.16. The molecule has 0 saturated heterocycles. The smallest absolute Gasteiger partial charge is 0.374 e. The van der Waals surface area contributed by atoms with Gasteiger partial charge in [-0.2, -0.15) is 0 Å². The highest BCUT2D eigenvalue weighted by molar-refractivity contribution is 6.34. The Labute approximate surface area is 82.7 Å². The number of hydrogen-bond acceptors (Lipinski definition) is 3. The van der Waals surface area contributed by atoms with Crippen molar-refractivity contribution in [3.8, 4) is 0 Å². The second-order valence-corrected chi connectivity index (χ2v) is 3.08. The third kappa shape index (κ3) is 2.69. The van der Waals surface area contributed by atoms with Crippen molar-refractivity contribution in [1.29, 1.82) is 0 Å². The Hall–Kier alpha value is -1.64. The van der Waals surface area contributed by atoms with Gasteiger partial charge < -0.3 is 4.74 Å². The summed E-state index contributed by atoms with van der Waals surface area (Å²) in [7, 11) is 1.20. The zero-order valence-corrected chi connectivity index (χ0v) is 8.24. The van der Waals surface area contributed by atoms with E-state index in [1.54, 1.807) is 0 Å². The van der Waals surface area contributed by atoms with Crippen LogP contribution in [0.2, 0.25) is 0 Å². The Bertz CT molecular complexity index is 355. The van der Waals surface area contributed by atoms with Crippen LogP contribution < -0.4 is 0 Å². The van der Waals surface area contributed by atoms with Crippen LogP contribution in [0.15, 0.2) is 24.3 Å². The standard InChI is InChI=1S/C11H12O3/c1-8-4-3-5-9(6-8)7-10(12)11(13)14-2/h3-6H,7H2,1-2H3. The number of methoxy groups -OCH3 is 1. The van der Waals surface area contributed by atoms with Gasteiger partial charge in [-0.25, -0.2) is 4.79 Å². The largest absolute Gasteiger partial charge is 0.463 e. The molecule has 0 heterocycles. The van der Waals surface area contributed by atoms with E-state index < -0.39 is 11.8 Å². The molecular weight excluding hydrogens is 180 g/mol. The molecule has 0 bridgehead atoms. The summed E-state index contributed by atoms with van der Waals surface area (Å²) in [6, 6.07) is 7.48. The Morgan fingerprint density at radius 1 is 1.36 bits per heavy atom. The quantitative estimate of drug-likeness (QED) is 0.535. The van der Waals surface area contributed by atoms with Crippen molar-refractivity contribution in [1.82, 2.24) is 0 Å². The second-order valence-electron chi connectivity index (χ2n) is 3.08. The summed E-state index contributed by atoms with van der Waals surface area (Å²) in [5, 5.41) is 0. The van der Waals surface area contributed by atoms with Crippen molar-refractivity contribution >= 4 is 11.8 Å². The van der Waals surface area contributed by atoms with Gasteiger partial charge >= 0.3 is 5.97 Å². The predicted octanol–water partition coefficient (Wildman–Crippen LogP) is 1.28. The lowest BCUT2D eigenvalue weighted by Crippen LogP contribution is -2.17. The summed E-state index contributed by atoms with van der Waals surface area (Å²) < 4.78 is 4.33. The highest BCUT2D eigenvalue weighted by Crippen LogP contribution is 2.05. The maximum Gasteiger partial charge on any atom is 0.374 e. The van der Waals surface area contributed by atoms with Gasteiger partial charge in [-0.1, -0.05) is 29.8 Å². The molecule has 0 N–H and O–H groups in total. The van der Waals surface area contributed by atoms with E-state index in [4.69, 9.17) is 0 Å². The number of aryl methyl sites for hydroxylation is 1. The number of Topliss-reactive ketones (excluding diaryl/α,β-unsaturated/α-hetero) is 1. The molecule has 3 heteroatoms. The van der Waals surface area contributed by atoms with Crippen molar-refractivity contribution in [3.63, 3.8) is 0 Å². The van der Waals surface area contributed by atoms with Crippen LogP contribution in [0.5, 0.6) is 0 Å². The number of carbonyl (C=O) groups is 2. The molecule has 0 aliphatic rings. The van der Waals surface area contributed by atoms with Gasteiger partial charge in [0.05, 0.1) is 7.11 Å². The summed E-state index contributed by atoms with van der Waals surface area (Å²) in [6.45, 7) is 1.94. The van der Waals surface area contributed by atoms with Crippen LogP contribution in [0.3, 0.4) is 0 Å². The first-order chi connectivity index (χ1) is 6.63. The molecule has 74 valence electrons. The fourth-order valence-corrected chi connectivity index (χ4v) is 1.19. The molecule has 0 spiro atoms. The van der Waals surface area contributed by atoms with E-state index in [1.165, 1.54) is 7.11 Å². The Balaban J connectivity index is 2.70. The lowest BCUT2D eigenvalue weighted by molar-refractivity contribution is -0.151. The number of benzene rings is 1. The third-order valence-electron chi connectivity index (χ3n) is 1.86. The number of carbonyl (C=O) groups excluding carboxylic acids is 2. The van der Waals surface area contributed by atoms with Crippen LogP contribution >= 0.6 is 0 Å². The number of ketones is 1. The molecule has 1 rings (SSSR count). The van der Waals surface area contributed by atoms with E-state index in [1.807, 2.05) is 31.2 Å². The number of hydrogen-bond donors (Lipinski definition) is 0. The molecule has 3 nitrogen and oxygen atoms in total. The molecular formula is C11H12O3. The molecule has 0 aliphatic heterocycles. The van der Waals surface area contributed by atoms with Gasteiger partial charge in [-0.05, 0) is 12.5 Å². The molecule has 14 heavy (non-hydrogen) atoms. The van der Waals surface area contributed by atoms with Crippen molar-refractivity contribution in [3.05, 3.63) is 35.4 Å². The third-order valence-corrected chi connectivity index (χ3v) is 1.86. The molecule has 0 fully saturated rings. The Kier molecular flexibility index (Phi) is 3.40. The monoisotopic (exact) mass is 192 g/mol. The number of rotatable bonds is 3. The van der Waals surface area contributed by atoms with Gasteiger partial charge in [0.15, 0.2) is 0 Å². The van der Waals surface area contributed by atoms with Crippen LogP contribution in [0, 0.1) is 6.92 Å². The summed E-state index contributed by atoms with van der Waals surface area (Å²) >= 11 is 0. The van der Waals surface area contributed by atoms with Crippen molar-refractivity contribution < 1.29 is 14.3 Å². The normalized spacial score (nSPS) is 9.57. The van der Waals surface area contributed by atoms with Crippen LogP contribution in [0.25, 0.3) is 0 Å². The minimum Gasteiger partial charge on any atom is -0.463 e. The van der Waals surface area contributed by atoms with Crippen molar-refractivity contribution in [2.45, 2.75) is 13.3 Å². The first-order valence-electron chi connectivity index (χ1n) is 4.30. The highest BCUT2D eigenvalue weighted by Gasteiger charge is 2.13. The summed E-state index contributed by atoms with van der Waals surface area (Å²) in [4.78, 5) is 22.0. The number of ether oxygens (including phenoxy) is 1. The van der Waals surface area contributed by atoms with Gasteiger partial charge in [0, 0.05) is 6.42 Å². The summed E-state index contributed by atoms with van der Waals surface area (Å²) in [5.74, 6) is -1.30. The summed E-state index contributed by atoms with van der Waals surface area (Å²) in [5.41, 5.74) is 1.90. The van der Waals surface area contributed by atoms with E-state index in [0.29, 0.717) is 0 Å². The molecule has 0 unspecified atom stereocenters. The van der Waals surface area contributed by atoms with Crippen LogP contribution in [-0.4, -0.2) is 18.9 Å². The SMILES string of the molecule is COC(=O)C(=O)Cc1cccc(C)c1. The minimum absolute atomic E-state index is 0.106. The highest BCUT2D eigenvalue weighted by atomic mass is 16.5. The molecule has 0 aromatic heterocycles. The van der Waals surface area contributed by atoms with Gasteiger partial charge in [0.1, 0.15) is 0 Å². The van der Waals surface area contributed by atoms with Gasteiger partial charge in [-0.15, -0.1) is 0 Å². The van der Waals surface area contributed by atoms with E-state index in [0.717, 1.165) is 11.1 Å². The lowest BCUT2D eigenvalue weighted by Gasteiger charge is -2.00. The fourth-order valence-electron chi connectivity index (χ4n) is 1.19. The molecule has 1 aromatic rings. The van der Waals surface area contributed by atoms with Crippen molar-refractivity contribution in [2.75, 3.05) is 7.11 Å². The van der Waals surface area contributed by atoms with Crippen LogP contribution in [-0.2, 0) is 20.7 Å². The molecule has 0 atom stereocenters. The van der Waals surface area contributed by atoms with Crippen LogP contribution in [0.1, 0.15) is 11.1 Å². The maximum atomic E-state index is 11.2. The van der Waals surface area contributed by atoms with Gasteiger partial charge in [-0.3, -0.25) is 4.79 Å². The Morgan fingerprint density at radius 2 is 2.07 bits per heavy atom. The average molecular weight is 192 g/mol. The Morgan fingerprint density at radius 3 is 2.64 bits per heavy atom. The molecule has 0 amide bonds. The van der Waals surface area contributed by atoms with Crippen molar-refractivity contribution in [2.24, 2.45) is 0 Å². The van der Waals surface area contributed by atoms with E-state index in [2.05, 4.69) is 4.74 Å². The summed E-state index contributed by atoms with van der Waals surface area (Å²) in [6.07, 6.45) is 0.106. The fraction of sp³-hybridized carbons (Fsp3) is 0.273. The van der Waals surface area contributed by atoms with Gasteiger partial charge in [0.25, 0.3) is 0 Å². The zero-order valence-electron chi connectivity index (χ0n) is 8.24. The van der Waals surface area contributed by atoms with E-state index >= 15 is 0 Å². The second kappa shape index (κ2) is 4.56. The topological polar surface area (TPSA) is 43.4 Å². The zero-order chi connectivity index (χ0) is 10.6. The first kappa shape index (κ1) is 10.4. The predicted molar refractivity (Wildman–Crippen MR) is 51.9 cm³/mol. The maximum absolute atomic E-state index is 11.2. The lowest BCUT2D eigenvalue weighted by atomic mass is 10.1. The molecule has 1 aromatic carbocycles. The molecule has 0 radical (unpaired) electrons. The number of esters is 1. The van der Waals surface area contributed by atoms with Crippen LogP contribution in [0.4, 0.5) is 0 Å². The molecule has 0 aliphatic carbocycles.